The maximum absolute atomic E-state index is 12.2. The summed E-state index contributed by atoms with van der Waals surface area (Å²) in [4.78, 5) is 12.1. The van der Waals surface area contributed by atoms with Crippen molar-refractivity contribution in [1.29, 1.82) is 0 Å². The van der Waals surface area contributed by atoms with E-state index >= 15 is 0 Å². The predicted molar refractivity (Wildman–Crippen MR) is 102 cm³/mol. The molecule has 26 heavy (non-hydrogen) atoms. The molecule has 0 aliphatic carbocycles. The lowest BCUT2D eigenvalue weighted by molar-refractivity contribution is -0.116. The van der Waals surface area contributed by atoms with Crippen LogP contribution in [-0.4, -0.2) is 28.0 Å². The maximum Gasteiger partial charge on any atom is 0.240 e. The Balaban J connectivity index is 1.82. The van der Waals surface area contributed by atoms with Gasteiger partial charge in [-0.15, -0.1) is 0 Å². The molecule has 0 spiro atoms. The number of hydrogen-bond acceptors (Lipinski definition) is 4. The number of carbonyl (C=O) groups is 1. The minimum atomic E-state index is -3.65. The summed E-state index contributed by atoms with van der Waals surface area (Å²) in [6.45, 7) is 2.14. The van der Waals surface area contributed by atoms with E-state index in [0.29, 0.717) is 11.4 Å². The van der Waals surface area contributed by atoms with Crippen LogP contribution in [0.3, 0.4) is 0 Å². The van der Waals surface area contributed by atoms with E-state index in [-0.39, 0.29) is 23.8 Å². The molecule has 0 atom stereocenters. The molecule has 2 aromatic carbocycles. The molecule has 6 nitrogen and oxygen atoms in total. The zero-order chi connectivity index (χ0) is 19.0. The summed E-state index contributed by atoms with van der Waals surface area (Å²) in [5, 5.41) is 2.76. The van der Waals surface area contributed by atoms with Gasteiger partial charge in [-0.25, -0.2) is 13.1 Å². The standard InChI is InChI=1S/C19H24N2O4S/c1-3-4-15-5-7-16(8-6-15)21-19(22)13-14-20-26(23,24)18-11-9-17(25-2)10-12-18/h5-12,20H,3-4,13-14H2,1-2H3,(H,21,22). The van der Waals surface area contributed by atoms with Gasteiger partial charge < -0.3 is 10.1 Å². The first-order chi connectivity index (χ1) is 12.4. The smallest absolute Gasteiger partial charge is 0.240 e. The molecule has 0 radical (unpaired) electrons. The molecule has 1 amide bonds. The average Bonchev–Trinajstić information content (AvgIpc) is 2.63. The van der Waals surface area contributed by atoms with Crippen molar-refractivity contribution < 1.29 is 17.9 Å². The van der Waals surface area contributed by atoms with Crippen LogP contribution in [0, 0.1) is 0 Å². The second kappa shape index (κ2) is 9.35. The fraction of sp³-hybridized carbons (Fsp3) is 0.316. The quantitative estimate of drug-likeness (QED) is 0.705. The number of benzene rings is 2. The Morgan fingerprint density at radius 2 is 1.69 bits per heavy atom. The minimum absolute atomic E-state index is 0.0219. The SMILES string of the molecule is CCCc1ccc(NC(=O)CCNS(=O)(=O)c2ccc(OC)cc2)cc1. The predicted octanol–water partition coefficient (Wildman–Crippen LogP) is 2.95. The van der Waals surface area contributed by atoms with Crippen LogP contribution in [0.5, 0.6) is 5.75 Å². The van der Waals surface area contributed by atoms with Gasteiger partial charge in [-0.1, -0.05) is 25.5 Å². The lowest BCUT2D eigenvalue weighted by atomic mass is 10.1. The molecule has 0 saturated carbocycles. The highest BCUT2D eigenvalue weighted by Gasteiger charge is 2.14. The van der Waals surface area contributed by atoms with E-state index in [4.69, 9.17) is 4.74 Å². The zero-order valence-corrected chi connectivity index (χ0v) is 15.8. The van der Waals surface area contributed by atoms with Crippen molar-refractivity contribution in [2.45, 2.75) is 31.1 Å². The Morgan fingerprint density at radius 3 is 2.27 bits per heavy atom. The van der Waals surface area contributed by atoms with Crippen molar-refractivity contribution in [3.63, 3.8) is 0 Å². The Bertz CT molecular complexity index is 816. The Labute approximate surface area is 154 Å². The lowest BCUT2D eigenvalue weighted by Crippen LogP contribution is -2.27. The van der Waals surface area contributed by atoms with Crippen LogP contribution >= 0.6 is 0 Å². The van der Waals surface area contributed by atoms with Crippen LogP contribution in [0.25, 0.3) is 0 Å². The Kier molecular flexibility index (Phi) is 7.17. The Morgan fingerprint density at radius 1 is 1.04 bits per heavy atom. The van der Waals surface area contributed by atoms with Gasteiger partial charge in [0.2, 0.25) is 15.9 Å². The first-order valence-electron chi connectivity index (χ1n) is 8.47. The Hall–Kier alpha value is -2.38. The van der Waals surface area contributed by atoms with E-state index in [9.17, 15) is 13.2 Å². The van der Waals surface area contributed by atoms with Crippen molar-refractivity contribution in [1.82, 2.24) is 4.72 Å². The van der Waals surface area contributed by atoms with Gasteiger partial charge in [-0.3, -0.25) is 4.79 Å². The number of hydrogen-bond donors (Lipinski definition) is 2. The molecule has 0 fully saturated rings. The number of anilines is 1. The van der Waals surface area contributed by atoms with Gasteiger partial charge in [0.25, 0.3) is 0 Å². The van der Waals surface area contributed by atoms with Crippen LogP contribution < -0.4 is 14.8 Å². The normalized spacial score (nSPS) is 11.2. The monoisotopic (exact) mass is 376 g/mol. The number of aryl methyl sites for hydroxylation is 1. The number of sulfonamides is 1. The number of carbonyl (C=O) groups excluding carboxylic acids is 1. The van der Waals surface area contributed by atoms with Gasteiger partial charge in [0.1, 0.15) is 5.75 Å². The van der Waals surface area contributed by atoms with Crippen molar-refractivity contribution in [2.24, 2.45) is 0 Å². The minimum Gasteiger partial charge on any atom is -0.497 e. The number of rotatable bonds is 9. The summed E-state index contributed by atoms with van der Waals surface area (Å²) in [6.07, 6.45) is 2.12. The molecule has 0 aliphatic rings. The molecule has 0 heterocycles. The summed E-state index contributed by atoms with van der Waals surface area (Å²) < 4.78 is 31.8. The third-order valence-electron chi connectivity index (χ3n) is 3.79. The first kappa shape index (κ1) is 19.9. The molecule has 140 valence electrons. The molecule has 0 aliphatic heterocycles. The number of ether oxygens (including phenoxy) is 1. The third-order valence-corrected chi connectivity index (χ3v) is 5.27. The van der Waals surface area contributed by atoms with E-state index in [1.807, 2.05) is 24.3 Å². The first-order valence-corrected chi connectivity index (χ1v) is 9.95. The molecule has 0 unspecified atom stereocenters. The highest BCUT2D eigenvalue weighted by molar-refractivity contribution is 7.89. The molecule has 7 heteroatoms. The van der Waals surface area contributed by atoms with E-state index in [1.165, 1.54) is 24.8 Å². The van der Waals surface area contributed by atoms with Gasteiger partial charge in [-0.05, 0) is 48.4 Å². The van der Waals surface area contributed by atoms with Crippen LogP contribution in [-0.2, 0) is 21.2 Å². The lowest BCUT2D eigenvalue weighted by Gasteiger charge is -2.09. The third kappa shape index (κ3) is 5.86. The van der Waals surface area contributed by atoms with Crippen molar-refractivity contribution in [3.05, 3.63) is 54.1 Å². The van der Waals surface area contributed by atoms with Crippen LogP contribution in [0.1, 0.15) is 25.3 Å². The molecule has 2 aromatic rings. The van der Waals surface area contributed by atoms with Crippen LogP contribution in [0.4, 0.5) is 5.69 Å². The summed E-state index contributed by atoms with van der Waals surface area (Å²) in [5.74, 6) is 0.332. The van der Waals surface area contributed by atoms with E-state index < -0.39 is 10.0 Å². The summed E-state index contributed by atoms with van der Waals surface area (Å²) in [6, 6.07) is 13.7. The van der Waals surface area contributed by atoms with Crippen molar-refractivity contribution in [2.75, 3.05) is 19.0 Å². The van der Waals surface area contributed by atoms with Gasteiger partial charge in [0, 0.05) is 18.7 Å². The summed E-state index contributed by atoms with van der Waals surface area (Å²) in [7, 11) is -2.14. The summed E-state index contributed by atoms with van der Waals surface area (Å²) >= 11 is 0. The van der Waals surface area contributed by atoms with Crippen molar-refractivity contribution in [3.8, 4) is 5.75 Å². The van der Waals surface area contributed by atoms with Gasteiger partial charge in [0.15, 0.2) is 0 Å². The van der Waals surface area contributed by atoms with Crippen molar-refractivity contribution >= 4 is 21.6 Å². The second-order valence-electron chi connectivity index (χ2n) is 5.82. The average molecular weight is 376 g/mol. The van der Waals surface area contributed by atoms with Gasteiger partial charge in [-0.2, -0.15) is 0 Å². The largest absolute Gasteiger partial charge is 0.497 e. The second-order valence-corrected chi connectivity index (χ2v) is 7.59. The molecule has 0 aromatic heterocycles. The molecule has 0 saturated heterocycles. The zero-order valence-electron chi connectivity index (χ0n) is 15.0. The molecular formula is C19H24N2O4S. The number of amides is 1. The maximum atomic E-state index is 12.2. The summed E-state index contributed by atoms with van der Waals surface area (Å²) in [5.41, 5.74) is 1.92. The van der Waals surface area contributed by atoms with Gasteiger partial charge in [0.05, 0.1) is 12.0 Å². The van der Waals surface area contributed by atoms with E-state index in [1.54, 1.807) is 12.1 Å². The highest BCUT2D eigenvalue weighted by Crippen LogP contribution is 2.15. The van der Waals surface area contributed by atoms with E-state index in [2.05, 4.69) is 17.0 Å². The molecular weight excluding hydrogens is 352 g/mol. The molecule has 0 bridgehead atoms. The molecule has 2 rings (SSSR count). The topological polar surface area (TPSA) is 84.5 Å². The van der Waals surface area contributed by atoms with Gasteiger partial charge >= 0.3 is 0 Å². The fourth-order valence-corrected chi connectivity index (χ4v) is 3.44. The highest BCUT2D eigenvalue weighted by atomic mass is 32.2. The molecule has 2 N–H and O–H groups in total. The van der Waals surface area contributed by atoms with E-state index in [0.717, 1.165) is 12.8 Å². The van der Waals surface area contributed by atoms with Crippen LogP contribution in [0.15, 0.2) is 53.4 Å². The number of nitrogens with one attached hydrogen (secondary N) is 2. The number of methoxy groups -OCH3 is 1. The van der Waals surface area contributed by atoms with Crippen LogP contribution in [0.2, 0.25) is 0 Å². The fourth-order valence-electron chi connectivity index (χ4n) is 2.40.